The number of aliphatic imine (C=N–C) groups is 1. The van der Waals surface area contributed by atoms with Crippen molar-refractivity contribution >= 4 is 11.9 Å². The molecule has 6 heteroatoms. The summed E-state index contributed by atoms with van der Waals surface area (Å²) in [5.41, 5.74) is 1.16. The molecule has 1 aliphatic rings. The Morgan fingerprint density at radius 2 is 2.14 bits per heavy atom. The number of hydrogen-bond donors (Lipinski definition) is 2. The summed E-state index contributed by atoms with van der Waals surface area (Å²) >= 11 is 0. The Bertz CT molecular complexity index is 514. The predicted octanol–water partition coefficient (Wildman–Crippen LogP) is 1.09. The molecule has 0 unspecified atom stereocenters. The van der Waals surface area contributed by atoms with Crippen LogP contribution in [0.3, 0.4) is 0 Å². The quantitative estimate of drug-likeness (QED) is 0.632. The van der Waals surface area contributed by atoms with E-state index in [0.29, 0.717) is 12.6 Å². The molecule has 1 saturated carbocycles. The fourth-order valence-corrected chi connectivity index (χ4v) is 2.56. The van der Waals surface area contributed by atoms with E-state index in [4.69, 9.17) is 0 Å². The number of rotatable bonds is 5. The second-order valence-corrected chi connectivity index (χ2v) is 6.12. The van der Waals surface area contributed by atoms with Gasteiger partial charge in [0.25, 0.3) is 0 Å². The zero-order valence-electron chi connectivity index (χ0n) is 13.8. The van der Waals surface area contributed by atoms with Crippen molar-refractivity contribution in [1.82, 2.24) is 20.1 Å². The van der Waals surface area contributed by atoms with Gasteiger partial charge in [-0.25, -0.2) is 4.99 Å². The van der Waals surface area contributed by atoms with Gasteiger partial charge in [-0.15, -0.1) is 0 Å². The lowest BCUT2D eigenvalue weighted by Gasteiger charge is -2.18. The lowest BCUT2D eigenvalue weighted by atomic mass is 10.2. The Balaban J connectivity index is 1.94. The van der Waals surface area contributed by atoms with Crippen molar-refractivity contribution in [2.75, 3.05) is 20.6 Å². The van der Waals surface area contributed by atoms with Crippen LogP contribution in [0.15, 0.2) is 23.5 Å². The summed E-state index contributed by atoms with van der Waals surface area (Å²) in [4.78, 5) is 17.9. The zero-order valence-corrected chi connectivity index (χ0v) is 13.8. The van der Waals surface area contributed by atoms with Crippen LogP contribution in [0.25, 0.3) is 0 Å². The third-order valence-corrected chi connectivity index (χ3v) is 3.91. The van der Waals surface area contributed by atoms with E-state index in [9.17, 15) is 4.79 Å². The number of hydrogen-bond acceptors (Lipinski definition) is 2. The summed E-state index contributed by atoms with van der Waals surface area (Å²) in [7, 11) is 5.52. The molecule has 2 rings (SSSR count). The fraction of sp³-hybridized carbons (Fsp3) is 0.625. The van der Waals surface area contributed by atoms with Gasteiger partial charge in [0.2, 0.25) is 5.91 Å². The highest BCUT2D eigenvalue weighted by atomic mass is 16.2. The van der Waals surface area contributed by atoms with Crippen LogP contribution in [0, 0.1) is 0 Å². The van der Waals surface area contributed by atoms with Gasteiger partial charge in [0.05, 0.1) is 13.1 Å². The molecule has 0 bridgehead atoms. The van der Waals surface area contributed by atoms with Crippen LogP contribution in [-0.2, 0) is 18.4 Å². The maximum atomic E-state index is 11.7. The minimum absolute atomic E-state index is 0.0423. The van der Waals surface area contributed by atoms with Crippen molar-refractivity contribution in [3.8, 4) is 0 Å². The molecule has 0 aliphatic heterocycles. The van der Waals surface area contributed by atoms with E-state index in [-0.39, 0.29) is 12.5 Å². The molecule has 0 radical (unpaired) electrons. The second kappa shape index (κ2) is 7.87. The number of nitrogens with zero attached hydrogens (tertiary/aromatic N) is 3. The molecule has 1 amide bonds. The molecule has 6 nitrogen and oxygen atoms in total. The highest BCUT2D eigenvalue weighted by molar-refractivity contribution is 5.86. The third-order valence-electron chi connectivity index (χ3n) is 3.91. The second-order valence-electron chi connectivity index (χ2n) is 6.12. The molecule has 2 N–H and O–H groups in total. The van der Waals surface area contributed by atoms with Crippen LogP contribution in [0.1, 0.15) is 31.2 Å². The third kappa shape index (κ3) is 5.09. The molecule has 1 heterocycles. The molecule has 1 aromatic rings. The predicted molar refractivity (Wildman–Crippen MR) is 88.6 cm³/mol. The summed E-state index contributed by atoms with van der Waals surface area (Å²) in [6.45, 7) is 0.874. The van der Waals surface area contributed by atoms with Gasteiger partial charge in [-0.2, -0.15) is 0 Å². The number of nitrogens with one attached hydrogen (secondary N) is 2. The molecular weight excluding hydrogens is 278 g/mol. The Kier molecular flexibility index (Phi) is 5.86. The number of amides is 1. The zero-order chi connectivity index (χ0) is 15.9. The lowest BCUT2D eigenvalue weighted by Crippen LogP contribution is -2.46. The summed E-state index contributed by atoms with van der Waals surface area (Å²) in [6, 6.07) is 2.53. The van der Waals surface area contributed by atoms with Crippen LogP contribution in [-0.4, -0.2) is 48.0 Å². The van der Waals surface area contributed by atoms with Gasteiger partial charge in [0.1, 0.15) is 0 Å². The van der Waals surface area contributed by atoms with Crippen LogP contribution < -0.4 is 10.6 Å². The molecule has 1 fully saturated rings. The average Bonchev–Trinajstić information content (AvgIpc) is 3.13. The van der Waals surface area contributed by atoms with E-state index in [1.165, 1.54) is 25.7 Å². The van der Waals surface area contributed by atoms with E-state index in [1.54, 1.807) is 19.0 Å². The normalized spacial score (nSPS) is 15.9. The smallest absolute Gasteiger partial charge is 0.241 e. The first-order valence-corrected chi connectivity index (χ1v) is 7.90. The van der Waals surface area contributed by atoms with Gasteiger partial charge >= 0.3 is 0 Å². The number of guanidine groups is 1. The summed E-state index contributed by atoms with van der Waals surface area (Å²) in [6.07, 6.45) is 8.95. The van der Waals surface area contributed by atoms with Gasteiger partial charge in [-0.3, -0.25) is 4.79 Å². The highest BCUT2D eigenvalue weighted by Crippen LogP contribution is 2.17. The SMILES string of the molecule is CN(C)C(=O)CNC(=NCc1ccn(C)c1)NC1CCCC1. The first-order chi connectivity index (χ1) is 10.5. The van der Waals surface area contributed by atoms with E-state index < -0.39 is 0 Å². The number of carbonyl (C=O) groups is 1. The minimum Gasteiger partial charge on any atom is -0.357 e. The van der Waals surface area contributed by atoms with Crippen LogP contribution in [0.4, 0.5) is 0 Å². The molecule has 0 spiro atoms. The standard InChI is InChI=1S/C16H27N5O/c1-20(2)15(22)11-18-16(19-14-6-4-5-7-14)17-10-13-8-9-21(3)12-13/h8-9,12,14H,4-7,10-11H2,1-3H3,(H2,17,18,19). The first-order valence-electron chi connectivity index (χ1n) is 7.90. The summed E-state index contributed by atoms with van der Waals surface area (Å²) in [5, 5.41) is 6.59. The molecule has 122 valence electrons. The van der Waals surface area contributed by atoms with Gasteiger partial charge in [0, 0.05) is 39.6 Å². The first kappa shape index (κ1) is 16.4. The molecule has 0 saturated heterocycles. The molecule has 1 aliphatic carbocycles. The molecule has 22 heavy (non-hydrogen) atoms. The molecule has 0 aromatic carbocycles. The maximum Gasteiger partial charge on any atom is 0.241 e. The van der Waals surface area contributed by atoms with Crippen molar-refractivity contribution in [1.29, 1.82) is 0 Å². The topological polar surface area (TPSA) is 61.7 Å². The van der Waals surface area contributed by atoms with E-state index in [1.807, 2.05) is 17.8 Å². The van der Waals surface area contributed by atoms with Crippen molar-refractivity contribution in [3.63, 3.8) is 0 Å². The van der Waals surface area contributed by atoms with Gasteiger partial charge < -0.3 is 20.1 Å². The number of aryl methyl sites for hydroxylation is 1. The van der Waals surface area contributed by atoms with Gasteiger partial charge in [0.15, 0.2) is 5.96 Å². The van der Waals surface area contributed by atoms with Crippen LogP contribution >= 0.6 is 0 Å². The van der Waals surface area contributed by atoms with Gasteiger partial charge in [-0.05, 0) is 24.5 Å². The Hall–Kier alpha value is -1.98. The van der Waals surface area contributed by atoms with E-state index >= 15 is 0 Å². The van der Waals surface area contributed by atoms with Crippen molar-refractivity contribution in [2.24, 2.45) is 12.0 Å². The van der Waals surface area contributed by atoms with Crippen molar-refractivity contribution < 1.29 is 4.79 Å². The minimum atomic E-state index is 0.0423. The Morgan fingerprint density at radius 1 is 1.41 bits per heavy atom. The lowest BCUT2D eigenvalue weighted by molar-refractivity contribution is -0.127. The van der Waals surface area contributed by atoms with Crippen molar-refractivity contribution in [3.05, 3.63) is 24.0 Å². The van der Waals surface area contributed by atoms with E-state index in [2.05, 4.69) is 27.9 Å². The highest BCUT2D eigenvalue weighted by Gasteiger charge is 2.16. The monoisotopic (exact) mass is 305 g/mol. The van der Waals surface area contributed by atoms with E-state index in [0.717, 1.165) is 11.5 Å². The van der Waals surface area contributed by atoms with Crippen LogP contribution in [0.5, 0.6) is 0 Å². The Morgan fingerprint density at radius 3 is 2.73 bits per heavy atom. The Labute approximate surface area is 132 Å². The largest absolute Gasteiger partial charge is 0.357 e. The number of likely N-dealkylation sites (N-methyl/N-ethyl adjacent to an activating group) is 1. The summed E-state index contributed by atoms with van der Waals surface area (Å²) in [5.74, 6) is 0.770. The number of carbonyl (C=O) groups excluding carboxylic acids is 1. The van der Waals surface area contributed by atoms with Gasteiger partial charge in [-0.1, -0.05) is 12.8 Å². The summed E-state index contributed by atoms with van der Waals surface area (Å²) < 4.78 is 2.01. The van der Waals surface area contributed by atoms with Crippen molar-refractivity contribution in [2.45, 2.75) is 38.3 Å². The molecule has 0 atom stereocenters. The average molecular weight is 305 g/mol. The number of aromatic nitrogens is 1. The molecular formula is C16H27N5O. The fourth-order valence-electron chi connectivity index (χ4n) is 2.56. The molecule has 1 aromatic heterocycles. The van der Waals surface area contributed by atoms with Crippen LogP contribution in [0.2, 0.25) is 0 Å². The maximum absolute atomic E-state index is 11.7.